The Hall–Kier alpha value is -3.29. The van der Waals surface area contributed by atoms with Gasteiger partial charge in [-0.2, -0.15) is 0 Å². The van der Waals surface area contributed by atoms with Crippen molar-refractivity contribution < 1.29 is 14.4 Å². The molecule has 0 aliphatic carbocycles. The van der Waals surface area contributed by atoms with Gasteiger partial charge in [0.25, 0.3) is 0 Å². The third-order valence-electron chi connectivity index (χ3n) is 6.18. The van der Waals surface area contributed by atoms with E-state index >= 15 is 0 Å². The number of benzene rings is 2. The fourth-order valence-electron chi connectivity index (χ4n) is 4.22. The van der Waals surface area contributed by atoms with E-state index in [1.54, 1.807) is 6.07 Å². The minimum Gasteiger partial charge on any atom is -0.492 e. The van der Waals surface area contributed by atoms with Gasteiger partial charge in [-0.3, -0.25) is 4.90 Å². The van der Waals surface area contributed by atoms with E-state index in [2.05, 4.69) is 45.5 Å². The average molecular weight is 433 g/mol. The van der Waals surface area contributed by atoms with Crippen LogP contribution in [0.4, 0.5) is 0 Å². The summed E-state index contributed by atoms with van der Waals surface area (Å²) in [5.74, 6) is 1.42. The molecule has 1 saturated heterocycles. The van der Waals surface area contributed by atoms with Crippen LogP contribution in [0.3, 0.4) is 0 Å². The van der Waals surface area contributed by atoms with Crippen LogP contribution in [-0.4, -0.2) is 61.4 Å². The van der Waals surface area contributed by atoms with Crippen LogP contribution >= 0.6 is 0 Å². The second-order valence-corrected chi connectivity index (χ2v) is 8.37. The Kier molecular flexibility index (Phi) is 5.83. The van der Waals surface area contributed by atoms with Crippen LogP contribution in [0.2, 0.25) is 0 Å². The molecule has 32 heavy (non-hydrogen) atoms. The van der Waals surface area contributed by atoms with E-state index in [9.17, 15) is 5.21 Å². The first-order valence-corrected chi connectivity index (χ1v) is 11.0. The van der Waals surface area contributed by atoms with Gasteiger partial charge in [0.05, 0.1) is 5.39 Å². The number of nitrogens with zero attached hydrogens (tertiary/aromatic N) is 3. The van der Waals surface area contributed by atoms with Crippen LogP contribution in [0.5, 0.6) is 5.75 Å². The van der Waals surface area contributed by atoms with E-state index in [4.69, 9.17) is 9.15 Å². The Labute approximate surface area is 186 Å². The summed E-state index contributed by atoms with van der Waals surface area (Å²) in [5.41, 5.74) is 0.649. The maximum Gasteiger partial charge on any atom is 0.136 e. The molecule has 0 spiro atoms. The predicted molar refractivity (Wildman–Crippen MR) is 123 cm³/mol. The zero-order chi connectivity index (χ0) is 21.9. The summed E-state index contributed by atoms with van der Waals surface area (Å²) in [5, 5.41) is 20.0. The van der Waals surface area contributed by atoms with Crippen molar-refractivity contribution in [3.8, 4) is 5.75 Å². The zero-order valence-corrected chi connectivity index (χ0v) is 18.2. The Balaban J connectivity index is 1.35. The highest BCUT2D eigenvalue weighted by atomic mass is 16.5. The highest BCUT2D eigenvalue weighted by Crippen LogP contribution is 2.23. The van der Waals surface area contributed by atoms with Crippen molar-refractivity contribution in [2.24, 2.45) is 5.16 Å². The van der Waals surface area contributed by atoms with Crippen LogP contribution in [0.1, 0.15) is 11.8 Å². The maximum absolute atomic E-state index is 9.67. The number of fused-ring (bicyclic) bond motifs is 2. The number of nitrogens with one attached hydrogen (secondary N) is 1. The highest BCUT2D eigenvalue weighted by Gasteiger charge is 2.16. The molecule has 3 aromatic rings. The molecule has 0 radical (unpaired) electrons. The lowest BCUT2D eigenvalue weighted by Gasteiger charge is -2.32. The molecule has 1 aromatic heterocycles. The van der Waals surface area contributed by atoms with Gasteiger partial charge in [-0.1, -0.05) is 29.4 Å². The standard InChI is InChI=1S/C25H28N4O3/c1-28-8-10-29(11-9-28)12-13-31-20-6-7-24-21(15-20)22(27-30)16-25(32-24)23-14-18-4-2-3-5-19(18)17-26-23/h2-7,14-17,23,26,30H,8-13H2,1H3/b27-22-. The number of ether oxygens (including phenoxy) is 1. The van der Waals surface area contributed by atoms with Gasteiger partial charge in [-0.15, -0.1) is 0 Å². The summed E-state index contributed by atoms with van der Waals surface area (Å²) in [6, 6.07) is 15.4. The third kappa shape index (κ3) is 4.35. The maximum atomic E-state index is 9.67. The third-order valence-corrected chi connectivity index (χ3v) is 6.18. The molecule has 0 saturated carbocycles. The van der Waals surface area contributed by atoms with E-state index in [-0.39, 0.29) is 6.04 Å². The number of hydrogen-bond acceptors (Lipinski definition) is 7. The van der Waals surface area contributed by atoms with Crippen LogP contribution in [-0.2, 0) is 0 Å². The van der Waals surface area contributed by atoms with Gasteiger partial charge in [0.2, 0.25) is 0 Å². The monoisotopic (exact) mass is 432 g/mol. The quantitative estimate of drug-likeness (QED) is 0.467. The molecule has 5 rings (SSSR count). The predicted octanol–water partition coefficient (Wildman–Crippen LogP) is 1.21. The van der Waals surface area contributed by atoms with Crippen molar-refractivity contribution in [3.63, 3.8) is 0 Å². The lowest BCUT2D eigenvalue weighted by molar-refractivity contribution is 0.134. The number of hydrogen-bond donors (Lipinski definition) is 2. The molecule has 0 bridgehead atoms. The normalized spacial score (nSPS) is 19.7. The Morgan fingerprint density at radius 3 is 2.72 bits per heavy atom. The molecule has 7 heteroatoms. The zero-order valence-electron chi connectivity index (χ0n) is 18.2. The molecule has 0 amide bonds. The minimum atomic E-state index is -0.144. The molecule has 1 fully saturated rings. The minimum absolute atomic E-state index is 0.144. The first-order valence-electron chi connectivity index (χ1n) is 11.0. The fraction of sp³-hybridized carbons (Fsp3) is 0.320. The first-order chi connectivity index (χ1) is 15.7. The molecular weight excluding hydrogens is 404 g/mol. The molecule has 1 unspecified atom stereocenters. The van der Waals surface area contributed by atoms with Crippen molar-refractivity contribution in [3.05, 3.63) is 70.1 Å². The molecule has 2 aliphatic heterocycles. The van der Waals surface area contributed by atoms with Crippen LogP contribution in [0.15, 0.2) is 58.1 Å². The van der Waals surface area contributed by atoms with Gasteiger partial charge in [-0.25, -0.2) is 0 Å². The molecule has 2 aromatic carbocycles. The lowest BCUT2D eigenvalue weighted by Crippen LogP contribution is -2.45. The van der Waals surface area contributed by atoms with Crippen molar-refractivity contribution in [1.29, 1.82) is 0 Å². The largest absolute Gasteiger partial charge is 0.492 e. The van der Waals surface area contributed by atoms with Crippen molar-refractivity contribution in [2.75, 3.05) is 46.4 Å². The van der Waals surface area contributed by atoms with E-state index in [0.717, 1.165) is 48.9 Å². The van der Waals surface area contributed by atoms with Crippen LogP contribution < -0.4 is 25.8 Å². The second kappa shape index (κ2) is 9.06. The Morgan fingerprint density at radius 2 is 1.91 bits per heavy atom. The summed E-state index contributed by atoms with van der Waals surface area (Å²) in [7, 11) is 2.16. The molecule has 3 heterocycles. The first kappa shape index (κ1) is 20.6. The number of likely N-dealkylation sites (N-methyl/N-ethyl adjacent to an activating group) is 1. The highest BCUT2D eigenvalue weighted by molar-refractivity contribution is 5.78. The molecular formula is C25H28N4O3. The molecule has 1 atom stereocenters. The van der Waals surface area contributed by atoms with Crippen molar-refractivity contribution in [1.82, 2.24) is 15.1 Å². The van der Waals surface area contributed by atoms with Crippen molar-refractivity contribution in [2.45, 2.75) is 6.04 Å². The van der Waals surface area contributed by atoms with E-state index in [1.807, 2.05) is 36.5 Å². The Morgan fingerprint density at radius 1 is 1.09 bits per heavy atom. The summed E-state index contributed by atoms with van der Waals surface area (Å²) >= 11 is 0. The van der Waals surface area contributed by atoms with Gasteiger partial charge in [0.1, 0.15) is 35.1 Å². The van der Waals surface area contributed by atoms with Crippen LogP contribution in [0, 0.1) is 0 Å². The summed E-state index contributed by atoms with van der Waals surface area (Å²) in [6.45, 7) is 5.84. The molecule has 2 aliphatic rings. The smallest absolute Gasteiger partial charge is 0.136 e. The van der Waals surface area contributed by atoms with Gasteiger partial charge in [0.15, 0.2) is 0 Å². The van der Waals surface area contributed by atoms with E-state index in [1.165, 1.54) is 0 Å². The fourth-order valence-corrected chi connectivity index (χ4v) is 4.22. The second-order valence-electron chi connectivity index (χ2n) is 8.37. The number of rotatable bonds is 5. The van der Waals surface area contributed by atoms with E-state index < -0.39 is 0 Å². The lowest BCUT2D eigenvalue weighted by atomic mass is 10.1. The van der Waals surface area contributed by atoms with Crippen LogP contribution in [0.25, 0.3) is 23.2 Å². The van der Waals surface area contributed by atoms with E-state index in [0.29, 0.717) is 28.7 Å². The molecule has 166 valence electrons. The summed E-state index contributed by atoms with van der Waals surface area (Å²) in [6.07, 6.45) is 4.09. The summed E-state index contributed by atoms with van der Waals surface area (Å²) < 4.78 is 12.2. The van der Waals surface area contributed by atoms with Gasteiger partial charge >= 0.3 is 0 Å². The molecule has 2 N–H and O–H groups in total. The SMILES string of the molecule is CN1CCN(CCOc2ccc3oc(C4C=c5ccccc5=CN4)c/c(=N/O)c3c2)CC1. The average Bonchev–Trinajstić information content (AvgIpc) is 2.84. The van der Waals surface area contributed by atoms with Crippen molar-refractivity contribution >= 4 is 23.2 Å². The number of piperazine rings is 1. The topological polar surface area (TPSA) is 73.5 Å². The van der Waals surface area contributed by atoms with Gasteiger partial charge in [-0.05, 0) is 41.8 Å². The van der Waals surface area contributed by atoms with Gasteiger partial charge < -0.3 is 24.6 Å². The molecule has 7 nitrogen and oxygen atoms in total. The summed E-state index contributed by atoms with van der Waals surface area (Å²) in [4.78, 5) is 4.76. The van der Waals surface area contributed by atoms with Gasteiger partial charge in [0, 0.05) is 45.0 Å². The Bertz CT molecular complexity index is 1290.